The average molecular weight is 333 g/mol. The summed E-state index contributed by atoms with van der Waals surface area (Å²) in [5.74, 6) is 7.60. The number of rotatable bonds is 5. The lowest BCUT2D eigenvalue weighted by atomic mass is 10.1. The number of amides is 1. The van der Waals surface area contributed by atoms with Crippen molar-refractivity contribution in [2.75, 3.05) is 6.61 Å². The molecular weight excluding hydrogens is 310 g/mol. The van der Waals surface area contributed by atoms with Crippen LogP contribution in [0.3, 0.4) is 0 Å². The van der Waals surface area contributed by atoms with Crippen molar-refractivity contribution in [1.82, 2.24) is 5.32 Å². The largest absolute Gasteiger partial charge is 0.494 e. The van der Waals surface area contributed by atoms with Crippen LogP contribution in [-0.2, 0) is 4.79 Å². The summed E-state index contributed by atoms with van der Waals surface area (Å²) in [5, 5.41) is 3.06. The first-order valence-corrected chi connectivity index (χ1v) is 8.81. The second-order valence-corrected chi connectivity index (χ2v) is 6.33. The van der Waals surface area contributed by atoms with E-state index in [9.17, 15) is 4.79 Å². The van der Waals surface area contributed by atoms with Gasteiger partial charge in [-0.25, -0.2) is 0 Å². The molecule has 3 rings (SSSR count). The van der Waals surface area contributed by atoms with Crippen molar-refractivity contribution in [2.24, 2.45) is 5.92 Å². The van der Waals surface area contributed by atoms with Crippen LogP contribution in [0.15, 0.2) is 48.5 Å². The van der Waals surface area contributed by atoms with Gasteiger partial charge in [0.2, 0.25) is 5.91 Å². The van der Waals surface area contributed by atoms with Crippen LogP contribution in [-0.4, -0.2) is 12.5 Å². The fourth-order valence-corrected chi connectivity index (χ4v) is 2.56. The molecule has 0 bridgehead atoms. The van der Waals surface area contributed by atoms with E-state index >= 15 is 0 Å². The number of carbonyl (C=O) groups excluding carboxylic acids is 1. The number of ether oxygens (including phenoxy) is 1. The molecule has 3 nitrogen and oxygen atoms in total. The van der Waals surface area contributed by atoms with E-state index in [1.165, 1.54) is 0 Å². The van der Waals surface area contributed by atoms with Gasteiger partial charge in [0.25, 0.3) is 0 Å². The molecule has 1 fully saturated rings. The van der Waals surface area contributed by atoms with E-state index in [-0.39, 0.29) is 17.9 Å². The topological polar surface area (TPSA) is 38.3 Å². The zero-order valence-corrected chi connectivity index (χ0v) is 14.7. The molecule has 0 radical (unpaired) electrons. The smallest absolute Gasteiger partial charge is 0.223 e. The van der Waals surface area contributed by atoms with E-state index in [4.69, 9.17) is 4.74 Å². The third-order valence-electron chi connectivity index (χ3n) is 4.23. The quantitative estimate of drug-likeness (QED) is 0.838. The lowest BCUT2D eigenvalue weighted by Gasteiger charge is -2.14. The molecule has 0 aliphatic heterocycles. The Labute approximate surface area is 149 Å². The van der Waals surface area contributed by atoms with Gasteiger partial charge in [-0.05, 0) is 68.7 Å². The number of benzene rings is 2. The van der Waals surface area contributed by atoms with Crippen LogP contribution < -0.4 is 10.1 Å². The fourth-order valence-electron chi connectivity index (χ4n) is 2.56. The minimum absolute atomic E-state index is 0.0289. The Morgan fingerprint density at radius 3 is 2.16 bits per heavy atom. The lowest BCUT2D eigenvalue weighted by molar-refractivity contribution is -0.122. The van der Waals surface area contributed by atoms with E-state index in [1.807, 2.05) is 62.4 Å². The van der Waals surface area contributed by atoms with E-state index in [2.05, 4.69) is 17.2 Å². The minimum atomic E-state index is 0.0289. The Bertz CT molecular complexity index is 778. The highest BCUT2D eigenvalue weighted by Crippen LogP contribution is 2.29. The highest BCUT2D eigenvalue weighted by molar-refractivity contribution is 5.81. The molecule has 0 unspecified atom stereocenters. The number of hydrogen-bond donors (Lipinski definition) is 1. The predicted molar refractivity (Wildman–Crippen MR) is 99.3 cm³/mol. The Morgan fingerprint density at radius 2 is 1.64 bits per heavy atom. The third kappa shape index (κ3) is 4.87. The van der Waals surface area contributed by atoms with Gasteiger partial charge in [0, 0.05) is 17.0 Å². The van der Waals surface area contributed by atoms with Gasteiger partial charge in [-0.1, -0.05) is 24.0 Å². The van der Waals surface area contributed by atoms with Gasteiger partial charge in [-0.3, -0.25) is 4.79 Å². The molecule has 1 N–H and O–H groups in total. The Hall–Kier alpha value is -2.73. The SMILES string of the molecule is CCOc1ccc(C#Cc2ccc([C@H](C)NC(=O)C3CC3)cc2)cc1. The van der Waals surface area contributed by atoms with Gasteiger partial charge in [0.1, 0.15) is 5.75 Å². The Balaban J connectivity index is 1.61. The molecule has 0 spiro atoms. The average Bonchev–Trinajstić information content (AvgIpc) is 3.47. The molecule has 128 valence electrons. The van der Waals surface area contributed by atoms with Gasteiger partial charge < -0.3 is 10.1 Å². The van der Waals surface area contributed by atoms with Crippen LogP contribution in [0, 0.1) is 17.8 Å². The van der Waals surface area contributed by atoms with Gasteiger partial charge in [0.15, 0.2) is 0 Å². The van der Waals surface area contributed by atoms with Crippen molar-refractivity contribution in [1.29, 1.82) is 0 Å². The number of nitrogens with one attached hydrogen (secondary N) is 1. The van der Waals surface area contributed by atoms with E-state index in [1.54, 1.807) is 0 Å². The summed E-state index contributed by atoms with van der Waals surface area (Å²) in [5.41, 5.74) is 3.01. The van der Waals surface area contributed by atoms with Crippen molar-refractivity contribution in [3.05, 3.63) is 65.2 Å². The maximum absolute atomic E-state index is 11.8. The molecule has 0 saturated heterocycles. The van der Waals surface area contributed by atoms with Crippen LogP contribution >= 0.6 is 0 Å². The molecule has 1 aliphatic rings. The van der Waals surface area contributed by atoms with Gasteiger partial charge in [0.05, 0.1) is 12.6 Å². The van der Waals surface area contributed by atoms with Crippen LogP contribution in [0.2, 0.25) is 0 Å². The summed E-state index contributed by atoms with van der Waals surface area (Å²) in [6.07, 6.45) is 2.05. The van der Waals surface area contributed by atoms with Crippen LogP contribution in [0.1, 0.15) is 49.4 Å². The molecule has 25 heavy (non-hydrogen) atoms. The summed E-state index contributed by atoms with van der Waals surface area (Å²) in [6.45, 7) is 4.65. The van der Waals surface area contributed by atoms with Crippen molar-refractivity contribution < 1.29 is 9.53 Å². The maximum Gasteiger partial charge on any atom is 0.223 e. The highest BCUT2D eigenvalue weighted by atomic mass is 16.5. The zero-order chi connectivity index (χ0) is 17.6. The molecular formula is C22H23NO2. The molecule has 1 amide bonds. The van der Waals surface area contributed by atoms with Crippen molar-refractivity contribution >= 4 is 5.91 Å². The van der Waals surface area contributed by atoms with Crippen LogP contribution in [0.25, 0.3) is 0 Å². The minimum Gasteiger partial charge on any atom is -0.494 e. The van der Waals surface area contributed by atoms with Gasteiger partial charge in [-0.2, -0.15) is 0 Å². The van der Waals surface area contributed by atoms with Crippen LogP contribution in [0.5, 0.6) is 5.75 Å². The Kier molecular flexibility index (Phi) is 5.40. The Morgan fingerprint density at radius 1 is 1.08 bits per heavy atom. The summed E-state index contributed by atoms with van der Waals surface area (Å²) in [7, 11) is 0. The fraction of sp³-hybridized carbons (Fsp3) is 0.318. The summed E-state index contributed by atoms with van der Waals surface area (Å²) in [4.78, 5) is 11.8. The van der Waals surface area contributed by atoms with E-state index < -0.39 is 0 Å². The van der Waals surface area contributed by atoms with Gasteiger partial charge in [-0.15, -0.1) is 0 Å². The number of carbonyl (C=O) groups is 1. The number of hydrogen-bond acceptors (Lipinski definition) is 2. The first-order chi connectivity index (χ1) is 12.2. The monoisotopic (exact) mass is 333 g/mol. The predicted octanol–water partition coefficient (Wildman–Crippen LogP) is 4.07. The normalized spacial score (nSPS) is 14.2. The van der Waals surface area contributed by atoms with E-state index in [0.29, 0.717) is 6.61 Å². The first kappa shape index (κ1) is 17.1. The zero-order valence-electron chi connectivity index (χ0n) is 14.7. The van der Waals surface area contributed by atoms with Crippen LogP contribution in [0.4, 0.5) is 0 Å². The molecule has 1 saturated carbocycles. The van der Waals surface area contributed by atoms with Crippen molar-refractivity contribution in [3.8, 4) is 17.6 Å². The summed E-state index contributed by atoms with van der Waals surface area (Å²) < 4.78 is 5.43. The van der Waals surface area contributed by atoms with Crippen molar-refractivity contribution in [3.63, 3.8) is 0 Å². The molecule has 2 aromatic carbocycles. The summed E-state index contributed by atoms with van der Waals surface area (Å²) in [6, 6.07) is 15.9. The third-order valence-corrected chi connectivity index (χ3v) is 4.23. The van der Waals surface area contributed by atoms with E-state index in [0.717, 1.165) is 35.3 Å². The molecule has 1 aliphatic carbocycles. The second kappa shape index (κ2) is 7.90. The standard InChI is InChI=1S/C22H23NO2/c1-3-25-21-14-8-18(9-15-21)5-4-17-6-10-19(11-7-17)16(2)23-22(24)20-12-13-20/h6-11,14-16,20H,3,12-13H2,1-2H3,(H,23,24)/t16-/m0/s1. The molecule has 0 heterocycles. The van der Waals surface area contributed by atoms with Gasteiger partial charge >= 0.3 is 0 Å². The second-order valence-electron chi connectivity index (χ2n) is 6.33. The first-order valence-electron chi connectivity index (χ1n) is 8.81. The highest BCUT2D eigenvalue weighted by Gasteiger charge is 2.30. The molecule has 2 aromatic rings. The lowest BCUT2D eigenvalue weighted by Crippen LogP contribution is -2.27. The van der Waals surface area contributed by atoms with Crippen molar-refractivity contribution in [2.45, 2.75) is 32.7 Å². The summed E-state index contributed by atoms with van der Waals surface area (Å²) >= 11 is 0. The maximum atomic E-state index is 11.8. The molecule has 0 aromatic heterocycles. The molecule has 3 heteroatoms. The molecule has 1 atom stereocenters.